The molecule has 0 heterocycles. The third-order valence-electron chi connectivity index (χ3n) is 12.6. The van der Waals surface area contributed by atoms with Gasteiger partial charge in [-0.2, -0.15) is 0 Å². The molecule has 1 unspecified atom stereocenters. The first-order valence-corrected chi connectivity index (χ1v) is 26.8. The summed E-state index contributed by atoms with van der Waals surface area (Å²) in [7, 11) is 0. The van der Waals surface area contributed by atoms with Crippen molar-refractivity contribution in [1.82, 2.24) is 0 Å². The molecule has 0 aromatic heterocycles. The summed E-state index contributed by atoms with van der Waals surface area (Å²) >= 11 is 0. The molecule has 0 saturated carbocycles. The molecule has 0 aliphatic carbocycles. The summed E-state index contributed by atoms with van der Waals surface area (Å²) in [5.41, 5.74) is 0. The molecule has 0 amide bonds. The second-order valence-electron chi connectivity index (χ2n) is 19.2. The van der Waals surface area contributed by atoms with Crippen LogP contribution in [0.2, 0.25) is 0 Å². The van der Waals surface area contributed by atoms with E-state index in [4.69, 9.17) is 14.2 Å². The van der Waals surface area contributed by atoms with E-state index in [1.165, 1.54) is 186 Å². The second-order valence-corrected chi connectivity index (χ2v) is 19.2. The number of esters is 3. The van der Waals surface area contributed by atoms with Gasteiger partial charge in [-0.3, -0.25) is 14.4 Å². The van der Waals surface area contributed by atoms with Crippen molar-refractivity contribution in [2.45, 2.75) is 304 Å². The molecular weight excluding hydrogens is 745 g/mol. The van der Waals surface area contributed by atoms with Crippen LogP contribution in [-0.2, 0) is 28.6 Å². The second kappa shape index (κ2) is 46.9. The largest absolute Gasteiger partial charge is 0.462 e. The summed E-state index contributed by atoms with van der Waals surface area (Å²) in [6.45, 7) is 11.4. The highest BCUT2D eigenvalue weighted by molar-refractivity contribution is 5.71. The number of rotatable bonds is 48. The lowest BCUT2D eigenvalue weighted by Crippen LogP contribution is -2.30. The molecule has 0 aromatic rings. The minimum Gasteiger partial charge on any atom is -0.462 e. The lowest BCUT2D eigenvalue weighted by molar-refractivity contribution is -0.167. The van der Waals surface area contributed by atoms with Crippen molar-refractivity contribution in [3.05, 3.63) is 0 Å². The molecule has 356 valence electrons. The van der Waals surface area contributed by atoms with Crippen LogP contribution in [0.4, 0.5) is 0 Å². The van der Waals surface area contributed by atoms with Gasteiger partial charge < -0.3 is 14.2 Å². The van der Waals surface area contributed by atoms with Gasteiger partial charge in [0.25, 0.3) is 0 Å². The van der Waals surface area contributed by atoms with Gasteiger partial charge in [-0.15, -0.1) is 0 Å². The van der Waals surface area contributed by atoms with Crippen molar-refractivity contribution in [2.75, 3.05) is 13.2 Å². The number of carbonyl (C=O) groups excluding carboxylic acids is 3. The fraction of sp³-hybridized carbons (Fsp3) is 0.944. The zero-order chi connectivity index (χ0) is 44.0. The molecular formula is C54H104O6. The van der Waals surface area contributed by atoms with Gasteiger partial charge in [-0.1, -0.05) is 259 Å². The van der Waals surface area contributed by atoms with Crippen molar-refractivity contribution in [1.29, 1.82) is 0 Å². The van der Waals surface area contributed by atoms with Crippen LogP contribution < -0.4 is 0 Å². The Morgan fingerprint density at radius 2 is 0.633 bits per heavy atom. The van der Waals surface area contributed by atoms with Crippen LogP contribution in [0.1, 0.15) is 298 Å². The third kappa shape index (κ3) is 45.9. The van der Waals surface area contributed by atoms with E-state index >= 15 is 0 Å². The molecule has 0 aliphatic rings. The van der Waals surface area contributed by atoms with Gasteiger partial charge in [-0.25, -0.2) is 0 Å². The van der Waals surface area contributed by atoms with Crippen LogP contribution in [0.15, 0.2) is 0 Å². The summed E-state index contributed by atoms with van der Waals surface area (Å²) in [6.07, 6.45) is 48.1. The van der Waals surface area contributed by atoms with Crippen LogP contribution in [-0.4, -0.2) is 37.2 Å². The molecule has 2 atom stereocenters. The molecule has 0 rings (SSSR count). The number of hydrogen-bond acceptors (Lipinski definition) is 6. The summed E-state index contributed by atoms with van der Waals surface area (Å²) in [5, 5.41) is 0. The summed E-state index contributed by atoms with van der Waals surface area (Å²) in [4.78, 5) is 37.9. The van der Waals surface area contributed by atoms with E-state index in [2.05, 4.69) is 34.6 Å². The number of hydrogen-bond donors (Lipinski definition) is 0. The minimum absolute atomic E-state index is 0.0640. The normalized spacial score (nSPS) is 12.5. The van der Waals surface area contributed by atoms with Crippen LogP contribution in [0, 0.1) is 11.8 Å². The molecule has 0 aromatic carbocycles. The van der Waals surface area contributed by atoms with Gasteiger partial charge in [0.2, 0.25) is 0 Å². The zero-order valence-electron chi connectivity index (χ0n) is 41.1. The van der Waals surface area contributed by atoms with Gasteiger partial charge in [0.05, 0.1) is 0 Å². The smallest absolute Gasteiger partial charge is 0.306 e. The highest BCUT2D eigenvalue weighted by Gasteiger charge is 2.19. The summed E-state index contributed by atoms with van der Waals surface area (Å²) < 4.78 is 16.8. The molecule has 0 aliphatic heterocycles. The average molecular weight is 849 g/mol. The van der Waals surface area contributed by atoms with E-state index < -0.39 is 6.10 Å². The Hall–Kier alpha value is -1.59. The van der Waals surface area contributed by atoms with Gasteiger partial charge in [0, 0.05) is 19.3 Å². The van der Waals surface area contributed by atoms with Crippen molar-refractivity contribution in [3.63, 3.8) is 0 Å². The molecule has 6 heteroatoms. The molecule has 6 nitrogen and oxygen atoms in total. The first kappa shape index (κ1) is 58.4. The fourth-order valence-electron chi connectivity index (χ4n) is 8.13. The quantitative estimate of drug-likeness (QED) is 0.0345. The maximum atomic E-state index is 12.8. The van der Waals surface area contributed by atoms with Crippen molar-refractivity contribution in [2.24, 2.45) is 11.8 Å². The highest BCUT2D eigenvalue weighted by Crippen LogP contribution is 2.18. The fourth-order valence-corrected chi connectivity index (χ4v) is 8.13. The first-order valence-electron chi connectivity index (χ1n) is 26.8. The van der Waals surface area contributed by atoms with E-state index in [0.29, 0.717) is 19.3 Å². The molecule has 0 fully saturated rings. The molecule has 0 radical (unpaired) electrons. The van der Waals surface area contributed by atoms with Crippen molar-refractivity contribution >= 4 is 17.9 Å². The summed E-state index contributed by atoms with van der Waals surface area (Å²) in [6, 6.07) is 0. The van der Waals surface area contributed by atoms with Gasteiger partial charge in [0.15, 0.2) is 6.10 Å². The maximum Gasteiger partial charge on any atom is 0.306 e. The average Bonchev–Trinajstić information content (AvgIpc) is 3.23. The Labute approximate surface area is 374 Å². The number of unbranched alkanes of at least 4 members (excludes halogenated alkanes) is 32. The summed E-state index contributed by atoms with van der Waals surface area (Å²) in [5.74, 6) is 0.818. The van der Waals surface area contributed by atoms with Gasteiger partial charge in [-0.05, 0) is 31.1 Å². The number of ether oxygens (including phenoxy) is 3. The first-order chi connectivity index (χ1) is 29.3. The van der Waals surface area contributed by atoms with Gasteiger partial charge >= 0.3 is 17.9 Å². The van der Waals surface area contributed by atoms with E-state index in [1.54, 1.807) is 0 Å². The topological polar surface area (TPSA) is 78.9 Å². The van der Waals surface area contributed by atoms with Crippen LogP contribution in [0.5, 0.6) is 0 Å². The molecule has 0 bridgehead atoms. The maximum absolute atomic E-state index is 12.8. The van der Waals surface area contributed by atoms with E-state index in [9.17, 15) is 14.4 Å². The Morgan fingerprint density at radius 3 is 0.950 bits per heavy atom. The van der Waals surface area contributed by atoms with E-state index in [0.717, 1.165) is 69.6 Å². The van der Waals surface area contributed by atoms with Crippen LogP contribution in [0.3, 0.4) is 0 Å². The monoisotopic (exact) mass is 849 g/mol. The van der Waals surface area contributed by atoms with Crippen molar-refractivity contribution < 1.29 is 28.6 Å². The predicted molar refractivity (Wildman–Crippen MR) is 256 cm³/mol. The van der Waals surface area contributed by atoms with Crippen LogP contribution >= 0.6 is 0 Å². The molecule has 0 spiro atoms. The van der Waals surface area contributed by atoms with E-state index in [-0.39, 0.29) is 31.1 Å². The number of carbonyl (C=O) groups is 3. The molecule has 60 heavy (non-hydrogen) atoms. The highest BCUT2D eigenvalue weighted by atomic mass is 16.6. The predicted octanol–water partition coefficient (Wildman–Crippen LogP) is 17.3. The SMILES string of the molecule is CCCCCCCCCCCCCCCC(=O)OC[C@H](COC(=O)CCCCCCCCC(C)CC)OC(=O)CCCCCCCCCCCCCCCCCCC(C)C. The Balaban J connectivity index is 4.26. The minimum atomic E-state index is -0.762. The van der Waals surface area contributed by atoms with Crippen LogP contribution in [0.25, 0.3) is 0 Å². The third-order valence-corrected chi connectivity index (χ3v) is 12.6. The standard InChI is InChI=1S/C54H104O6/c1-6-8-9-10-11-12-13-18-22-25-28-34-39-44-52(55)58-47-51(48-59-53(56)45-40-35-31-30-33-38-43-50(5)7-2)60-54(57)46-41-36-29-26-23-20-17-15-14-16-19-21-24-27-32-37-42-49(3)4/h49-51H,6-48H2,1-5H3/t50?,51-/m1/s1. The molecule has 0 N–H and O–H groups in total. The Kier molecular flexibility index (Phi) is 45.7. The Bertz CT molecular complexity index is 918. The van der Waals surface area contributed by atoms with Crippen molar-refractivity contribution in [3.8, 4) is 0 Å². The lowest BCUT2D eigenvalue weighted by Gasteiger charge is -2.18. The van der Waals surface area contributed by atoms with Gasteiger partial charge in [0.1, 0.15) is 13.2 Å². The zero-order valence-corrected chi connectivity index (χ0v) is 41.1. The molecule has 0 saturated heterocycles. The lowest BCUT2D eigenvalue weighted by atomic mass is 10.00. The van der Waals surface area contributed by atoms with E-state index in [1.807, 2.05) is 0 Å². The Morgan fingerprint density at radius 1 is 0.350 bits per heavy atom.